The van der Waals surface area contributed by atoms with E-state index in [4.69, 9.17) is 24.5 Å². The number of rotatable bonds is 3. The van der Waals surface area contributed by atoms with E-state index in [1.165, 1.54) is 5.56 Å². The first-order chi connectivity index (χ1) is 16.0. The molecule has 0 radical (unpaired) electrons. The summed E-state index contributed by atoms with van der Waals surface area (Å²) in [5, 5.41) is 14.2. The molecule has 198 valence electrons. The number of aromatic nitrogens is 1. The van der Waals surface area contributed by atoms with Crippen molar-refractivity contribution in [3.05, 3.63) is 30.1 Å². The molecule has 0 saturated carbocycles. The van der Waals surface area contributed by atoms with Crippen LogP contribution in [0, 0.1) is 5.41 Å². The summed E-state index contributed by atoms with van der Waals surface area (Å²) in [6.45, 7) is 3.34. The molecular weight excluding hydrogens is 492 g/mol. The molecule has 2 fully saturated rings. The third-order valence-electron chi connectivity index (χ3n) is 5.17. The Morgan fingerprint density at radius 3 is 2.00 bits per heavy atom. The number of aliphatic carboxylic acids is 2. The molecule has 1 amide bonds. The zero-order chi connectivity index (χ0) is 27.0. The molecular formula is C20H25F6N3O6. The second-order valence-electron chi connectivity index (χ2n) is 7.93. The van der Waals surface area contributed by atoms with E-state index in [0.29, 0.717) is 6.61 Å². The molecule has 35 heavy (non-hydrogen) atoms. The molecule has 3 rings (SSSR count). The molecule has 0 aromatic carbocycles. The van der Waals surface area contributed by atoms with Gasteiger partial charge in [-0.2, -0.15) is 26.3 Å². The van der Waals surface area contributed by atoms with Crippen molar-refractivity contribution in [2.45, 2.75) is 37.8 Å². The number of hydrogen-bond donors (Lipinski definition) is 2. The van der Waals surface area contributed by atoms with E-state index in [-0.39, 0.29) is 17.4 Å². The number of hydrogen-bond acceptors (Lipinski definition) is 6. The monoisotopic (exact) mass is 517 g/mol. The van der Waals surface area contributed by atoms with Crippen LogP contribution in [-0.4, -0.2) is 95.1 Å². The van der Waals surface area contributed by atoms with E-state index in [1.807, 2.05) is 38.6 Å². The van der Waals surface area contributed by atoms with Gasteiger partial charge in [-0.1, -0.05) is 0 Å². The van der Waals surface area contributed by atoms with Gasteiger partial charge in [-0.3, -0.25) is 14.7 Å². The van der Waals surface area contributed by atoms with E-state index >= 15 is 0 Å². The van der Waals surface area contributed by atoms with Gasteiger partial charge in [0.05, 0.1) is 11.5 Å². The standard InChI is InChI=1S/C16H23N3O2.2C2HF3O2/c1-18(2)15(20)16-6-10-21-14(16)5-9-19(12-16)11-13-3-7-17-8-4-13;2*3-2(4,5)1(6)7/h3-4,7-8,14H,5-6,9-12H2,1-2H3;2*(H,6,7)/t14-,16-;;/m1../s1. The largest absolute Gasteiger partial charge is 0.490 e. The topological polar surface area (TPSA) is 120 Å². The van der Waals surface area contributed by atoms with Crippen LogP contribution in [0.4, 0.5) is 26.3 Å². The number of ether oxygens (including phenoxy) is 1. The van der Waals surface area contributed by atoms with Gasteiger partial charge in [0.25, 0.3) is 0 Å². The smallest absolute Gasteiger partial charge is 0.475 e. The summed E-state index contributed by atoms with van der Waals surface area (Å²) < 4.78 is 69.3. The predicted octanol–water partition coefficient (Wildman–Crippen LogP) is 2.42. The summed E-state index contributed by atoms with van der Waals surface area (Å²) in [5.74, 6) is -5.30. The number of carbonyl (C=O) groups is 3. The molecule has 0 bridgehead atoms. The van der Waals surface area contributed by atoms with Gasteiger partial charge in [0.2, 0.25) is 5.91 Å². The summed E-state index contributed by atoms with van der Waals surface area (Å²) in [4.78, 5) is 38.7. The third kappa shape index (κ3) is 8.98. The Hall–Kier alpha value is -2.94. The summed E-state index contributed by atoms with van der Waals surface area (Å²) >= 11 is 0. The molecule has 3 heterocycles. The molecule has 1 aromatic rings. The minimum Gasteiger partial charge on any atom is -0.475 e. The quantitative estimate of drug-likeness (QED) is 0.587. The number of carbonyl (C=O) groups excluding carboxylic acids is 1. The van der Waals surface area contributed by atoms with Crippen molar-refractivity contribution in [2.75, 3.05) is 33.8 Å². The number of piperidine rings is 1. The maximum Gasteiger partial charge on any atom is 0.490 e. The highest BCUT2D eigenvalue weighted by Gasteiger charge is 2.53. The highest BCUT2D eigenvalue weighted by molar-refractivity contribution is 5.83. The van der Waals surface area contributed by atoms with Crippen LogP contribution in [0.3, 0.4) is 0 Å². The van der Waals surface area contributed by atoms with E-state index in [1.54, 1.807) is 4.90 Å². The first-order valence-electron chi connectivity index (χ1n) is 10.1. The second kappa shape index (κ2) is 12.2. The minimum atomic E-state index is -5.08. The van der Waals surface area contributed by atoms with E-state index in [0.717, 1.165) is 32.5 Å². The van der Waals surface area contributed by atoms with Gasteiger partial charge in [0, 0.05) is 52.7 Å². The normalized spacial score (nSPS) is 22.0. The summed E-state index contributed by atoms with van der Waals surface area (Å²) in [6.07, 6.45) is -4.67. The fourth-order valence-corrected chi connectivity index (χ4v) is 3.66. The fraction of sp³-hybridized carbons (Fsp3) is 0.600. The van der Waals surface area contributed by atoms with Crippen LogP contribution in [0.5, 0.6) is 0 Å². The molecule has 2 atom stereocenters. The van der Waals surface area contributed by atoms with E-state index < -0.39 is 24.3 Å². The average Bonchev–Trinajstić information content (AvgIpc) is 3.17. The first kappa shape index (κ1) is 30.1. The van der Waals surface area contributed by atoms with Crippen molar-refractivity contribution < 1.29 is 55.7 Å². The lowest BCUT2D eigenvalue weighted by molar-refractivity contribution is -0.193. The minimum absolute atomic E-state index is 0.0843. The summed E-state index contributed by atoms with van der Waals surface area (Å²) in [7, 11) is 3.68. The van der Waals surface area contributed by atoms with Gasteiger partial charge in [-0.25, -0.2) is 9.59 Å². The zero-order valence-electron chi connectivity index (χ0n) is 18.8. The lowest BCUT2D eigenvalue weighted by Crippen LogP contribution is -2.56. The Balaban J connectivity index is 0.000000362. The number of amides is 1. The van der Waals surface area contributed by atoms with Gasteiger partial charge >= 0.3 is 24.3 Å². The Morgan fingerprint density at radius 1 is 1.09 bits per heavy atom. The molecule has 2 N–H and O–H groups in total. The van der Waals surface area contributed by atoms with Crippen molar-refractivity contribution in [2.24, 2.45) is 5.41 Å². The molecule has 0 spiro atoms. The summed E-state index contributed by atoms with van der Waals surface area (Å²) in [6, 6.07) is 4.08. The van der Waals surface area contributed by atoms with Crippen molar-refractivity contribution in [3.8, 4) is 0 Å². The Bertz CT molecular complexity index is 841. The zero-order valence-corrected chi connectivity index (χ0v) is 18.8. The van der Waals surface area contributed by atoms with Crippen LogP contribution in [0.1, 0.15) is 18.4 Å². The van der Waals surface area contributed by atoms with Crippen LogP contribution in [0.2, 0.25) is 0 Å². The molecule has 9 nitrogen and oxygen atoms in total. The number of nitrogens with zero attached hydrogens (tertiary/aromatic N) is 3. The average molecular weight is 517 g/mol. The molecule has 1 aromatic heterocycles. The number of carboxylic acid groups (broad SMARTS) is 2. The van der Waals surface area contributed by atoms with Crippen molar-refractivity contribution in [3.63, 3.8) is 0 Å². The third-order valence-corrected chi connectivity index (χ3v) is 5.17. The molecule has 2 aliphatic rings. The van der Waals surface area contributed by atoms with Gasteiger partial charge < -0.3 is 19.8 Å². The number of likely N-dealkylation sites (tertiary alicyclic amines) is 1. The Kier molecular flexibility index (Phi) is 10.4. The number of carboxylic acids is 2. The predicted molar refractivity (Wildman–Crippen MR) is 107 cm³/mol. The van der Waals surface area contributed by atoms with Gasteiger partial charge in [-0.15, -0.1) is 0 Å². The fourth-order valence-electron chi connectivity index (χ4n) is 3.66. The van der Waals surface area contributed by atoms with Crippen molar-refractivity contribution in [1.82, 2.24) is 14.8 Å². The molecule has 0 aliphatic carbocycles. The van der Waals surface area contributed by atoms with Crippen LogP contribution in [-0.2, 0) is 25.7 Å². The van der Waals surface area contributed by atoms with E-state index in [9.17, 15) is 31.1 Å². The summed E-state index contributed by atoms with van der Waals surface area (Å²) in [5.41, 5.74) is 0.893. The number of pyridine rings is 1. The molecule has 2 saturated heterocycles. The van der Waals surface area contributed by atoms with E-state index in [2.05, 4.69) is 9.88 Å². The van der Waals surface area contributed by atoms with Crippen LogP contribution in [0.25, 0.3) is 0 Å². The van der Waals surface area contributed by atoms with Crippen LogP contribution < -0.4 is 0 Å². The van der Waals surface area contributed by atoms with Crippen molar-refractivity contribution >= 4 is 17.8 Å². The second-order valence-corrected chi connectivity index (χ2v) is 7.93. The van der Waals surface area contributed by atoms with Gasteiger partial charge in [-0.05, 0) is 30.5 Å². The lowest BCUT2D eigenvalue weighted by Gasteiger charge is -2.43. The maximum atomic E-state index is 12.7. The van der Waals surface area contributed by atoms with Crippen molar-refractivity contribution in [1.29, 1.82) is 0 Å². The molecule has 15 heteroatoms. The van der Waals surface area contributed by atoms with Crippen LogP contribution in [0.15, 0.2) is 24.5 Å². The lowest BCUT2D eigenvalue weighted by atomic mass is 9.75. The Labute approximate surface area is 196 Å². The molecule has 2 aliphatic heterocycles. The number of alkyl halides is 6. The van der Waals surface area contributed by atoms with Gasteiger partial charge in [0.1, 0.15) is 0 Å². The highest BCUT2D eigenvalue weighted by atomic mass is 19.4. The SMILES string of the molecule is CN(C)C(=O)[C@@]12CCO[C@@H]1CCN(Cc1ccncc1)C2.O=C(O)C(F)(F)F.O=C(O)C(F)(F)F. The Morgan fingerprint density at radius 2 is 1.57 bits per heavy atom. The molecule has 0 unspecified atom stereocenters. The highest BCUT2D eigenvalue weighted by Crippen LogP contribution is 2.42. The number of halogens is 6. The first-order valence-corrected chi connectivity index (χ1v) is 10.1. The van der Waals surface area contributed by atoms with Gasteiger partial charge in [0.15, 0.2) is 0 Å². The number of fused-ring (bicyclic) bond motifs is 1. The van der Waals surface area contributed by atoms with Crippen LogP contribution >= 0.6 is 0 Å². The maximum absolute atomic E-state index is 12.7.